The smallest absolute Gasteiger partial charge is 0.248 e. The van der Waals surface area contributed by atoms with E-state index in [9.17, 15) is 13.2 Å². The van der Waals surface area contributed by atoms with E-state index >= 15 is 0 Å². The maximum absolute atomic E-state index is 12.7. The van der Waals surface area contributed by atoms with Gasteiger partial charge in [-0.1, -0.05) is 18.2 Å². The van der Waals surface area contributed by atoms with Crippen LogP contribution in [0.1, 0.15) is 13.8 Å². The molecule has 2 aromatic rings. The third kappa shape index (κ3) is 4.82. The van der Waals surface area contributed by atoms with E-state index in [1.807, 2.05) is 30.3 Å². The van der Waals surface area contributed by atoms with Crippen LogP contribution in [0, 0.1) is 0 Å². The van der Waals surface area contributed by atoms with Crippen LogP contribution in [0.3, 0.4) is 0 Å². The average molecular weight is 406 g/mol. The summed E-state index contributed by atoms with van der Waals surface area (Å²) in [5.74, 6) is 0.138. The topological polar surface area (TPSA) is 79.0 Å². The molecule has 0 aliphatic rings. The molecule has 1 amide bonds. The summed E-state index contributed by atoms with van der Waals surface area (Å²) in [5, 5.41) is 3.08. The van der Waals surface area contributed by atoms with Crippen LogP contribution >= 0.6 is 0 Å². The van der Waals surface area contributed by atoms with Crippen molar-refractivity contribution >= 4 is 27.3 Å². The SMILES string of the molecule is CCOc1ccc(NC(C)C(=O)N(C)c2ccccc2)cc1S(=O)(=O)N(C)C. The van der Waals surface area contributed by atoms with Gasteiger partial charge in [0, 0.05) is 32.5 Å². The van der Waals surface area contributed by atoms with Gasteiger partial charge in [0.05, 0.1) is 6.61 Å². The van der Waals surface area contributed by atoms with E-state index in [-0.39, 0.29) is 16.6 Å². The van der Waals surface area contributed by atoms with Crippen LogP contribution in [0.5, 0.6) is 5.75 Å². The molecule has 1 N–H and O–H groups in total. The molecule has 0 bridgehead atoms. The summed E-state index contributed by atoms with van der Waals surface area (Å²) in [7, 11) is 0.939. The van der Waals surface area contributed by atoms with Gasteiger partial charge in [0.15, 0.2) is 0 Å². The monoisotopic (exact) mass is 405 g/mol. The van der Waals surface area contributed by atoms with Gasteiger partial charge in [0.2, 0.25) is 15.9 Å². The minimum Gasteiger partial charge on any atom is -0.492 e. The van der Waals surface area contributed by atoms with Gasteiger partial charge in [-0.3, -0.25) is 4.79 Å². The second-order valence-electron chi connectivity index (χ2n) is 6.48. The van der Waals surface area contributed by atoms with Crippen molar-refractivity contribution in [3.63, 3.8) is 0 Å². The average Bonchev–Trinajstić information content (AvgIpc) is 2.68. The molecule has 0 spiro atoms. The number of anilines is 2. The van der Waals surface area contributed by atoms with Crippen molar-refractivity contribution < 1.29 is 17.9 Å². The van der Waals surface area contributed by atoms with Gasteiger partial charge in [-0.15, -0.1) is 0 Å². The number of likely N-dealkylation sites (N-methyl/N-ethyl adjacent to an activating group) is 1. The predicted octanol–water partition coefficient (Wildman–Crippen LogP) is 2.80. The Bertz CT molecular complexity index is 914. The molecule has 0 aliphatic carbocycles. The molecular formula is C20H27N3O4S. The number of carbonyl (C=O) groups excluding carboxylic acids is 1. The molecule has 28 heavy (non-hydrogen) atoms. The van der Waals surface area contributed by atoms with Gasteiger partial charge < -0.3 is 15.0 Å². The van der Waals surface area contributed by atoms with Crippen molar-refractivity contribution in [2.75, 3.05) is 38.0 Å². The van der Waals surface area contributed by atoms with Gasteiger partial charge >= 0.3 is 0 Å². The Balaban J connectivity index is 2.27. The quantitative estimate of drug-likeness (QED) is 0.731. The molecule has 8 heteroatoms. The highest BCUT2D eigenvalue weighted by Gasteiger charge is 2.24. The van der Waals surface area contributed by atoms with Crippen LogP contribution in [0.4, 0.5) is 11.4 Å². The summed E-state index contributed by atoms with van der Waals surface area (Å²) in [6.07, 6.45) is 0. The zero-order valence-electron chi connectivity index (χ0n) is 16.8. The molecule has 1 atom stereocenters. The first kappa shape index (κ1) is 21.7. The van der Waals surface area contributed by atoms with Crippen LogP contribution in [0.25, 0.3) is 0 Å². The molecule has 0 saturated heterocycles. The first-order valence-corrected chi connectivity index (χ1v) is 10.4. The molecule has 0 saturated carbocycles. The van der Waals surface area contributed by atoms with Crippen LogP contribution < -0.4 is 15.0 Å². The molecule has 0 aromatic heterocycles. The molecular weight excluding hydrogens is 378 g/mol. The van der Waals surface area contributed by atoms with E-state index in [0.717, 1.165) is 9.99 Å². The van der Waals surface area contributed by atoms with E-state index in [1.165, 1.54) is 20.2 Å². The Morgan fingerprint density at radius 2 is 1.75 bits per heavy atom. The lowest BCUT2D eigenvalue weighted by Crippen LogP contribution is -2.39. The summed E-state index contributed by atoms with van der Waals surface area (Å²) in [6.45, 7) is 3.87. The zero-order chi connectivity index (χ0) is 20.9. The van der Waals surface area contributed by atoms with Gasteiger partial charge in [0.25, 0.3) is 0 Å². The van der Waals surface area contributed by atoms with Crippen molar-refractivity contribution in [1.29, 1.82) is 0 Å². The third-order valence-electron chi connectivity index (χ3n) is 4.23. The van der Waals surface area contributed by atoms with Crippen molar-refractivity contribution in [3.05, 3.63) is 48.5 Å². The van der Waals surface area contributed by atoms with Crippen LogP contribution in [0.15, 0.2) is 53.4 Å². The Hall–Kier alpha value is -2.58. The normalized spacial score (nSPS) is 12.5. The Morgan fingerprint density at radius 1 is 1.11 bits per heavy atom. The molecule has 0 heterocycles. The summed E-state index contributed by atoms with van der Waals surface area (Å²) < 4.78 is 31.9. The highest BCUT2D eigenvalue weighted by molar-refractivity contribution is 7.89. The Labute approximate surface area is 167 Å². The van der Waals surface area contributed by atoms with E-state index < -0.39 is 16.1 Å². The largest absolute Gasteiger partial charge is 0.492 e. The molecule has 0 aliphatic heterocycles. The lowest BCUT2D eigenvalue weighted by molar-refractivity contribution is -0.118. The van der Waals surface area contributed by atoms with Gasteiger partial charge in [-0.25, -0.2) is 12.7 Å². The van der Waals surface area contributed by atoms with Crippen molar-refractivity contribution in [2.24, 2.45) is 0 Å². The first-order valence-electron chi connectivity index (χ1n) is 8.97. The maximum Gasteiger partial charge on any atom is 0.248 e. The number of nitrogens with one attached hydrogen (secondary N) is 1. The van der Waals surface area contributed by atoms with E-state index in [4.69, 9.17) is 4.74 Å². The second-order valence-corrected chi connectivity index (χ2v) is 8.60. The summed E-state index contributed by atoms with van der Waals surface area (Å²) >= 11 is 0. The van der Waals surface area contributed by atoms with Crippen molar-refractivity contribution in [1.82, 2.24) is 4.31 Å². The highest BCUT2D eigenvalue weighted by atomic mass is 32.2. The van der Waals surface area contributed by atoms with Crippen molar-refractivity contribution in [2.45, 2.75) is 24.8 Å². The summed E-state index contributed by atoms with van der Waals surface area (Å²) in [4.78, 5) is 14.3. The fourth-order valence-corrected chi connectivity index (χ4v) is 3.70. The lowest BCUT2D eigenvalue weighted by atomic mass is 10.2. The Kier molecular flexibility index (Phi) is 7.04. The molecule has 7 nitrogen and oxygen atoms in total. The van der Waals surface area contributed by atoms with E-state index in [1.54, 1.807) is 37.9 Å². The standard InChI is InChI=1S/C20H27N3O4S/c1-6-27-18-13-12-16(14-19(18)28(25,26)22(3)4)21-15(2)20(24)23(5)17-10-8-7-9-11-17/h7-15,21H,6H2,1-5H3. The van der Waals surface area contributed by atoms with Gasteiger partial charge in [-0.05, 0) is 44.2 Å². The summed E-state index contributed by atoms with van der Waals surface area (Å²) in [6, 6.07) is 13.5. The second kappa shape index (κ2) is 9.07. The molecule has 2 aromatic carbocycles. The van der Waals surface area contributed by atoms with E-state index in [0.29, 0.717) is 12.3 Å². The minimum absolute atomic E-state index is 0.0559. The fraction of sp³-hybridized carbons (Fsp3) is 0.350. The predicted molar refractivity (Wildman–Crippen MR) is 111 cm³/mol. The molecule has 0 fully saturated rings. The van der Waals surface area contributed by atoms with Crippen LogP contribution in [-0.4, -0.2) is 52.4 Å². The fourth-order valence-electron chi connectivity index (χ4n) is 2.65. The maximum atomic E-state index is 12.7. The third-order valence-corrected chi connectivity index (χ3v) is 6.07. The van der Waals surface area contributed by atoms with Gasteiger partial charge in [0.1, 0.15) is 16.7 Å². The molecule has 2 rings (SSSR count). The summed E-state index contributed by atoms with van der Waals surface area (Å²) in [5.41, 5.74) is 1.30. The lowest BCUT2D eigenvalue weighted by Gasteiger charge is -2.23. The number of hydrogen-bond acceptors (Lipinski definition) is 5. The van der Waals surface area contributed by atoms with E-state index in [2.05, 4.69) is 5.32 Å². The first-order chi connectivity index (χ1) is 13.2. The van der Waals surface area contributed by atoms with Crippen LogP contribution in [-0.2, 0) is 14.8 Å². The minimum atomic E-state index is -3.69. The Morgan fingerprint density at radius 3 is 2.32 bits per heavy atom. The van der Waals surface area contributed by atoms with Crippen LogP contribution in [0.2, 0.25) is 0 Å². The zero-order valence-corrected chi connectivity index (χ0v) is 17.7. The molecule has 0 radical (unpaired) electrons. The van der Waals surface area contributed by atoms with Crippen molar-refractivity contribution in [3.8, 4) is 5.75 Å². The number of hydrogen-bond donors (Lipinski definition) is 1. The number of carbonyl (C=O) groups is 1. The highest BCUT2D eigenvalue weighted by Crippen LogP contribution is 2.29. The number of ether oxygens (including phenoxy) is 1. The number of nitrogens with zero attached hydrogens (tertiary/aromatic N) is 2. The number of rotatable bonds is 8. The van der Waals surface area contributed by atoms with Gasteiger partial charge in [-0.2, -0.15) is 0 Å². The molecule has 152 valence electrons. The molecule has 1 unspecified atom stereocenters. The number of sulfonamides is 1. The number of amides is 1. The number of para-hydroxylation sites is 1. The number of benzene rings is 2.